The number of rotatable bonds is 8. The first-order valence-electron chi connectivity index (χ1n) is 11.1. The zero-order valence-electron chi connectivity index (χ0n) is 20.4. The summed E-state index contributed by atoms with van der Waals surface area (Å²) in [5, 5.41) is 9.83. The maximum Gasteiger partial charge on any atom is 0.410 e. The molecule has 186 valence electrons. The van der Waals surface area contributed by atoms with Gasteiger partial charge in [-0.1, -0.05) is 42.5 Å². The predicted molar refractivity (Wildman–Crippen MR) is 136 cm³/mol. The highest BCUT2D eigenvalue weighted by atomic mass is 32.2. The lowest BCUT2D eigenvalue weighted by Crippen LogP contribution is -2.33. The van der Waals surface area contributed by atoms with E-state index in [-0.39, 0.29) is 18.9 Å². The van der Waals surface area contributed by atoms with Gasteiger partial charge in [0.05, 0.1) is 24.6 Å². The molecule has 0 fully saturated rings. The van der Waals surface area contributed by atoms with Crippen LogP contribution in [0.5, 0.6) is 0 Å². The first kappa shape index (κ1) is 26.2. The molecule has 0 saturated carbocycles. The Bertz CT molecular complexity index is 1290. The van der Waals surface area contributed by atoms with Crippen LogP contribution in [-0.2, 0) is 27.9 Å². The van der Waals surface area contributed by atoms with Crippen LogP contribution in [0.2, 0.25) is 0 Å². The van der Waals surface area contributed by atoms with E-state index in [2.05, 4.69) is 4.98 Å². The highest BCUT2D eigenvalue weighted by molar-refractivity contribution is 7.90. The highest BCUT2D eigenvalue weighted by Gasteiger charge is 2.23. The second kappa shape index (κ2) is 10.9. The van der Waals surface area contributed by atoms with Crippen LogP contribution in [0, 0.1) is 0 Å². The van der Waals surface area contributed by atoms with Gasteiger partial charge < -0.3 is 14.7 Å². The van der Waals surface area contributed by atoms with Crippen LogP contribution in [0.4, 0.5) is 4.79 Å². The highest BCUT2D eigenvalue weighted by Crippen LogP contribution is 2.28. The molecule has 0 aliphatic heterocycles. The molecule has 0 aliphatic carbocycles. The van der Waals surface area contributed by atoms with Crippen LogP contribution in [0.1, 0.15) is 37.5 Å². The van der Waals surface area contributed by atoms with Gasteiger partial charge in [-0.05, 0) is 49.6 Å². The molecule has 3 rings (SSSR count). The van der Waals surface area contributed by atoms with E-state index >= 15 is 0 Å². The number of benzene rings is 1. The molecule has 2 heterocycles. The fraction of sp³-hybridized carbons (Fsp3) is 0.308. The maximum atomic E-state index is 13.4. The van der Waals surface area contributed by atoms with E-state index in [1.165, 1.54) is 15.1 Å². The third-order valence-corrected chi connectivity index (χ3v) is 6.55. The van der Waals surface area contributed by atoms with E-state index in [0.29, 0.717) is 22.4 Å². The molecule has 1 aromatic carbocycles. The number of aromatic nitrogens is 2. The minimum atomic E-state index is -3.81. The van der Waals surface area contributed by atoms with Gasteiger partial charge in [0.15, 0.2) is 0 Å². The van der Waals surface area contributed by atoms with Gasteiger partial charge in [-0.15, -0.1) is 0 Å². The molecule has 3 aromatic rings. The van der Waals surface area contributed by atoms with Gasteiger partial charge in [-0.3, -0.25) is 4.98 Å². The molecule has 35 heavy (non-hydrogen) atoms. The Labute approximate surface area is 206 Å². The number of hydrogen-bond acceptors (Lipinski definition) is 6. The average Bonchev–Trinajstić information content (AvgIpc) is 3.23. The van der Waals surface area contributed by atoms with Crippen LogP contribution >= 0.6 is 0 Å². The van der Waals surface area contributed by atoms with Gasteiger partial charge in [0, 0.05) is 31.2 Å². The standard InChI is InChI=1S/C26H31N3O5S/c1-26(2,3)34-25(31)28(4)17-21-15-24(23-12-6-5-11-22(23)19-30)29(18-21)35(32,33)14-8-10-20-9-7-13-27-16-20/h5-13,15-16,18,30H,14,17,19H2,1-4H3. The van der Waals surface area contributed by atoms with Crippen molar-refractivity contribution >= 4 is 22.2 Å². The number of amides is 1. The lowest BCUT2D eigenvalue weighted by atomic mass is 10.1. The average molecular weight is 498 g/mol. The predicted octanol–water partition coefficient (Wildman–Crippen LogP) is 4.30. The molecule has 0 spiro atoms. The molecule has 0 aliphatic rings. The van der Waals surface area contributed by atoms with Crippen LogP contribution in [0.25, 0.3) is 17.3 Å². The van der Waals surface area contributed by atoms with Gasteiger partial charge in [0.25, 0.3) is 0 Å². The summed E-state index contributed by atoms with van der Waals surface area (Å²) < 4.78 is 33.4. The smallest absolute Gasteiger partial charge is 0.410 e. The molecule has 0 bridgehead atoms. The van der Waals surface area contributed by atoms with E-state index < -0.39 is 21.7 Å². The van der Waals surface area contributed by atoms with Crippen LogP contribution < -0.4 is 0 Å². The number of pyridine rings is 1. The second-order valence-corrected chi connectivity index (χ2v) is 11.0. The Morgan fingerprint density at radius 2 is 1.94 bits per heavy atom. The van der Waals surface area contributed by atoms with Crippen molar-refractivity contribution in [1.29, 1.82) is 0 Å². The third-order valence-electron chi connectivity index (χ3n) is 5.03. The fourth-order valence-corrected chi connectivity index (χ4v) is 4.70. The summed E-state index contributed by atoms with van der Waals surface area (Å²) in [6.45, 7) is 5.26. The second-order valence-electron chi connectivity index (χ2n) is 9.15. The molecule has 8 nitrogen and oxygen atoms in total. The lowest BCUT2D eigenvalue weighted by molar-refractivity contribution is 0.0285. The molecule has 9 heteroatoms. The number of ether oxygens (including phenoxy) is 1. The van der Waals surface area contributed by atoms with Gasteiger partial charge in [0.2, 0.25) is 10.0 Å². The van der Waals surface area contributed by atoms with Gasteiger partial charge in [-0.25, -0.2) is 17.2 Å². The number of carbonyl (C=O) groups excluding carboxylic acids is 1. The minimum Gasteiger partial charge on any atom is -0.444 e. The normalized spacial score (nSPS) is 12.1. The Balaban J connectivity index is 1.96. The number of nitrogens with zero attached hydrogens (tertiary/aromatic N) is 3. The Morgan fingerprint density at radius 3 is 2.60 bits per heavy atom. The topological polar surface area (TPSA) is 102 Å². The summed E-state index contributed by atoms with van der Waals surface area (Å²) in [7, 11) is -2.21. The molecule has 2 aromatic heterocycles. The van der Waals surface area contributed by atoms with Crippen molar-refractivity contribution in [3.63, 3.8) is 0 Å². The Morgan fingerprint density at radius 1 is 1.20 bits per heavy atom. The van der Waals surface area contributed by atoms with Crippen molar-refractivity contribution in [1.82, 2.24) is 13.9 Å². The maximum absolute atomic E-state index is 13.4. The van der Waals surface area contributed by atoms with E-state index in [4.69, 9.17) is 4.74 Å². The largest absolute Gasteiger partial charge is 0.444 e. The molecule has 0 atom stereocenters. The molecular formula is C26H31N3O5S. The van der Waals surface area contributed by atoms with E-state index in [9.17, 15) is 18.3 Å². The van der Waals surface area contributed by atoms with Crippen molar-refractivity contribution in [2.75, 3.05) is 12.8 Å². The Hall–Kier alpha value is -3.43. The van der Waals surface area contributed by atoms with Crippen molar-refractivity contribution < 1.29 is 23.1 Å². The van der Waals surface area contributed by atoms with Crippen LogP contribution in [0.3, 0.4) is 0 Å². The summed E-state index contributed by atoms with van der Waals surface area (Å²) >= 11 is 0. The van der Waals surface area contributed by atoms with Crippen LogP contribution in [-0.4, -0.2) is 51.9 Å². The van der Waals surface area contributed by atoms with Crippen LogP contribution in [0.15, 0.2) is 67.1 Å². The van der Waals surface area contributed by atoms with Gasteiger partial charge >= 0.3 is 6.09 Å². The lowest BCUT2D eigenvalue weighted by Gasteiger charge is -2.24. The van der Waals surface area contributed by atoms with E-state index in [0.717, 1.165) is 5.56 Å². The van der Waals surface area contributed by atoms with Crippen molar-refractivity contribution in [3.05, 3.63) is 83.8 Å². The summed E-state index contributed by atoms with van der Waals surface area (Å²) in [6.07, 6.45) is 7.57. The number of hydrogen-bond donors (Lipinski definition) is 1. The first-order chi connectivity index (χ1) is 16.5. The number of aliphatic hydroxyl groups excluding tert-OH is 1. The Kier molecular flexibility index (Phi) is 8.14. The molecule has 0 saturated heterocycles. The first-order valence-corrected chi connectivity index (χ1v) is 12.8. The molecule has 1 N–H and O–H groups in total. The zero-order valence-corrected chi connectivity index (χ0v) is 21.2. The van der Waals surface area contributed by atoms with Crippen molar-refractivity contribution in [3.8, 4) is 11.3 Å². The molecule has 0 unspecified atom stereocenters. The zero-order chi connectivity index (χ0) is 25.6. The summed E-state index contributed by atoms with van der Waals surface area (Å²) in [5.74, 6) is -0.244. The summed E-state index contributed by atoms with van der Waals surface area (Å²) in [5.41, 5.74) is 2.37. The molecular weight excluding hydrogens is 466 g/mol. The number of aliphatic hydroxyl groups is 1. The molecule has 0 radical (unpaired) electrons. The van der Waals surface area contributed by atoms with Gasteiger partial charge in [0.1, 0.15) is 5.60 Å². The number of carbonyl (C=O) groups is 1. The monoisotopic (exact) mass is 497 g/mol. The fourth-order valence-electron chi connectivity index (χ4n) is 3.46. The summed E-state index contributed by atoms with van der Waals surface area (Å²) in [4.78, 5) is 17.8. The van der Waals surface area contributed by atoms with E-state index in [1.807, 2.05) is 6.07 Å². The van der Waals surface area contributed by atoms with Crippen molar-refractivity contribution in [2.45, 2.75) is 39.5 Å². The quantitative estimate of drug-likeness (QED) is 0.498. The third kappa shape index (κ3) is 7.03. The SMILES string of the molecule is CN(Cc1cc(-c2ccccc2CO)n(S(=O)(=O)CC=Cc2cccnc2)c1)C(=O)OC(C)(C)C. The summed E-state index contributed by atoms with van der Waals surface area (Å²) in [6, 6.07) is 12.4. The molecule has 1 amide bonds. The van der Waals surface area contributed by atoms with Gasteiger partial charge in [-0.2, -0.15) is 0 Å². The van der Waals surface area contributed by atoms with E-state index in [1.54, 1.807) is 88.8 Å². The minimum absolute atomic E-state index is 0.150. The van der Waals surface area contributed by atoms with Crippen molar-refractivity contribution in [2.24, 2.45) is 0 Å².